The molecule has 0 heterocycles. The number of nitrogens with one attached hydrogen (secondary N) is 1. The summed E-state index contributed by atoms with van der Waals surface area (Å²) >= 11 is 5.74. The lowest BCUT2D eigenvalue weighted by Gasteiger charge is -2.21. The van der Waals surface area contributed by atoms with Gasteiger partial charge in [0.05, 0.1) is 0 Å². The molecular weight excluding hydrogens is 271 g/mol. The molecule has 0 aliphatic heterocycles. The predicted octanol–water partition coefficient (Wildman–Crippen LogP) is 3.00. The van der Waals surface area contributed by atoms with Gasteiger partial charge in [0, 0.05) is 17.6 Å². The van der Waals surface area contributed by atoms with Gasteiger partial charge in [0.15, 0.2) is 0 Å². The Kier molecular flexibility index (Phi) is 5.14. The molecule has 0 saturated carbocycles. The quantitative estimate of drug-likeness (QED) is 0.898. The number of carbonyl (C=O) groups excluding carboxylic acids is 1. The van der Waals surface area contributed by atoms with Crippen LogP contribution in [0.25, 0.3) is 0 Å². The molecule has 0 aromatic heterocycles. The van der Waals surface area contributed by atoms with E-state index < -0.39 is 23.6 Å². The number of halogens is 2. The van der Waals surface area contributed by atoms with Crippen molar-refractivity contribution in [2.45, 2.75) is 32.4 Å². The zero-order chi connectivity index (χ0) is 14.6. The van der Waals surface area contributed by atoms with E-state index in [-0.39, 0.29) is 11.6 Å². The number of alkyl carbamates (subject to hydrolysis) is 1. The molecule has 1 unspecified atom stereocenters. The summed E-state index contributed by atoms with van der Waals surface area (Å²) in [6.45, 7) is 5.42. The molecule has 1 aromatic rings. The van der Waals surface area contributed by atoms with Gasteiger partial charge in [-0.25, -0.2) is 9.18 Å². The van der Waals surface area contributed by atoms with Crippen LogP contribution < -0.4 is 11.1 Å². The minimum Gasteiger partial charge on any atom is -0.444 e. The average Bonchev–Trinajstić information content (AvgIpc) is 2.22. The second-order valence-corrected chi connectivity index (χ2v) is 5.63. The van der Waals surface area contributed by atoms with E-state index in [1.807, 2.05) is 0 Å². The summed E-state index contributed by atoms with van der Waals surface area (Å²) in [6.07, 6.45) is -0.564. The fraction of sp³-hybridized carbons (Fsp3) is 0.462. The Bertz CT molecular complexity index is 440. The van der Waals surface area contributed by atoms with E-state index in [2.05, 4.69) is 5.32 Å². The predicted molar refractivity (Wildman–Crippen MR) is 72.6 cm³/mol. The molecule has 106 valence electrons. The van der Waals surface area contributed by atoms with Crippen LogP contribution in [0.2, 0.25) is 5.02 Å². The van der Waals surface area contributed by atoms with Gasteiger partial charge in [0.25, 0.3) is 0 Å². The summed E-state index contributed by atoms with van der Waals surface area (Å²) in [4.78, 5) is 11.4. The molecule has 0 saturated heterocycles. The van der Waals surface area contributed by atoms with Gasteiger partial charge in [0.2, 0.25) is 0 Å². The van der Waals surface area contributed by atoms with Crippen molar-refractivity contribution in [3.05, 3.63) is 34.6 Å². The van der Waals surface area contributed by atoms with Crippen LogP contribution in [0.15, 0.2) is 18.2 Å². The maximum atomic E-state index is 13.2. The van der Waals surface area contributed by atoms with Gasteiger partial charge in [-0.05, 0) is 44.5 Å². The van der Waals surface area contributed by atoms with Crippen molar-refractivity contribution in [2.24, 2.45) is 5.73 Å². The Morgan fingerprint density at radius 3 is 2.63 bits per heavy atom. The second-order valence-electron chi connectivity index (χ2n) is 5.19. The number of hydrogen-bond donors (Lipinski definition) is 2. The van der Waals surface area contributed by atoms with Gasteiger partial charge in [-0.2, -0.15) is 0 Å². The molecule has 0 fully saturated rings. The number of benzene rings is 1. The molecule has 1 amide bonds. The standard InChI is InChI=1S/C13H18ClFN2O2/c1-13(2,3)19-12(18)17-7-11(16)8-4-9(14)6-10(15)5-8/h4-6,11H,7,16H2,1-3H3,(H,17,18). The Hall–Kier alpha value is -1.33. The van der Waals surface area contributed by atoms with Crippen LogP contribution in [-0.2, 0) is 4.74 Å². The van der Waals surface area contributed by atoms with Crippen molar-refractivity contribution in [2.75, 3.05) is 6.54 Å². The van der Waals surface area contributed by atoms with E-state index in [4.69, 9.17) is 22.1 Å². The average molecular weight is 289 g/mol. The molecule has 1 aromatic carbocycles. The van der Waals surface area contributed by atoms with E-state index in [1.54, 1.807) is 26.8 Å². The SMILES string of the molecule is CC(C)(C)OC(=O)NCC(N)c1cc(F)cc(Cl)c1. The zero-order valence-corrected chi connectivity index (χ0v) is 11.9. The highest BCUT2D eigenvalue weighted by atomic mass is 35.5. The number of nitrogens with two attached hydrogens (primary N) is 1. The largest absolute Gasteiger partial charge is 0.444 e. The Morgan fingerprint density at radius 1 is 1.47 bits per heavy atom. The molecule has 1 atom stereocenters. The van der Waals surface area contributed by atoms with E-state index in [1.165, 1.54) is 12.1 Å². The van der Waals surface area contributed by atoms with Gasteiger partial charge >= 0.3 is 6.09 Å². The first-order chi connectivity index (χ1) is 8.67. The molecule has 0 bridgehead atoms. The van der Waals surface area contributed by atoms with Gasteiger partial charge in [-0.1, -0.05) is 11.6 Å². The second kappa shape index (κ2) is 6.21. The third kappa shape index (κ3) is 5.89. The normalized spacial score (nSPS) is 12.9. The molecule has 4 nitrogen and oxygen atoms in total. The minimum absolute atomic E-state index is 0.134. The van der Waals surface area contributed by atoms with Crippen molar-refractivity contribution in [1.82, 2.24) is 5.32 Å². The highest BCUT2D eigenvalue weighted by molar-refractivity contribution is 6.30. The number of rotatable bonds is 3. The monoisotopic (exact) mass is 288 g/mol. The summed E-state index contributed by atoms with van der Waals surface area (Å²) in [5.41, 5.74) is 5.79. The summed E-state index contributed by atoms with van der Waals surface area (Å²) in [5.74, 6) is -0.463. The fourth-order valence-electron chi connectivity index (χ4n) is 1.41. The first kappa shape index (κ1) is 15.7. The third-order valence-electron chi connectivity index (χ3n) is 2.18. The van der Waals surface area contributed by atoms with Crippen LogP contribution in [0, 0.1) is 5.82 Å². The number of carbonyl (C=O) groups is 1. The van der Waals surface area contributed by atoms with E-state index in [0.717, 1.165) is 0 Å². The first-order valence-electron chi connectivity index (χ1n) is 5.86. The first-order valence-corrected chi connectivity index (χ1v) is 6.23. The van der Waals surface area contributed by atoms with Crippen molar-refractivity contribution >= 4 is 17.7 Å². The smallest absolute Gasteiger partial charge is 0.407 e. The Labute approximate surface area is 117 Å². The van der Waals surface area contributed by atoms with Crippen LogP contribution in [0.3, 0.4) is 0 Å². The zero-order valence-electron chi connectivity index (χ0n) is 11.2. The molecule has 0 aliphatic rings. The summed E-state index contributed by atoms with van der Waals surface area (Å²) < 4.78 is 18.2. The van der Waals surface area contributed by atoms with E-state index >= 15 is 0 Å². The highest BCUT2D eigenvalue weighted by Crippen LogP contribution is 2.18. The van der Waals surface area contributed by atoms with Crippen molar-refractivity contribution in [1.29, 1.82) is 0 Å². The molecule has 3 N–H and O–H groups in total. The van der Waals surface area contributed by atoms with Crippen molar-refractivity contribution in [3.63, 3.8) is 0 Å². The van der Waals surface area contributed by atoms with Crippen molar-refractivity contribution in [3.8, 4) is 0 Å². The Balaban J connectivity index is 2.56. The Morgan fingerprint density at radius 2 is 2.11 bits per heavy atom. The lowest BCUT2D eigenvalue weighted by Crippen LogP contribution is -2.36. The third-order valence-corrected chi connectivity index (χ3v) is 2.40. The van der Waals surface area contributed by atoms with Crippen LogP contribution in [0.1, 0.15) is 32.4 Å². The van der Waals surface area contributed by atoms with E-state index in [0.29, 0.717) is 5.56 Å². The van der Waals surface area contributed by atoms with Gasteiger partial charge in [-0.3, -0.25) is 0 Å². The van der Waals surface area contributed by atoms with Gasteiger partial charge in [0.1, 0.15) is 11.4 Å². The maximum Gasteiger partial charge on any atom is 0.407 e. The number of hydrogen-bond acceptors (Lipinski definition) is 3. The molecule has 0 radical (unpaired) electrons. The minimum atomic E-state index is -0.573. The number of ether oxygens (including phenoxy) is 1. The molecule has 0 aliphatic carbocycles. The van der Waals surface area contributed by atoms with Crippen LogP contribution in [-0.4, -0.2) is 18.2 Å². The highest BCUT2D eigenvalue weighted by Gasteiger charge is 2.17. The van der Waals surface area contributed by atoms with Crippen LogP contribution in [0.4, 0.5) is 9.18 Å². The van der Waals surface area contributed by atoms with Gasteiger partial charge in [-0.15, -0.1) is 0 Å². The molecular formula is C13H18ClFN2O2. The van der Waals surface area contributed by atoms with Gasteiger partial charge < -0.3 is 15.8 Å². The lowest BCUT2D eigenvalue weighted by atomic mass is 10.1. The fourth-order valence-corrected chi connectivity index (χ4v) is 1.64. The topological polar surface area (TPSA) is 64.3 Å². The van der Waals surface area contributed by atoms with Crippen molar-refractivity contribution < 1.29 is 13.9 Å². The molecule has 19 heavy (non-hydrogen) atoms. The summed E-state index contributed by atoms with van der Waals surface area (Å²) in [5, 5.41) is 2.79. The van der Waals surface area contributed by atoms with E-state index in [9.17, 15) is 9.18 Å². The van der Waals surface area contributed by atoms with Crippen LogP contribution in [0.5, 0.6) is 0 Å². The lowest BCUT2D eigenvalue weighted by molar-refractivity contribution is 0.0524. The van der Waals surface area contributed by atoms with Crippen LogP contribution >= 0.6 is 11.6 Å². The maximum absolute atomic E-state index is 13.2. The molecule has 0 spiro atoms. The summed E-state index contributed by atoms with van der Waals surface area (Å²) in [6, 6.07) is 3.49. The molecule has 6 heteroatoms. The summed E-state index contributed by atoms with van der Waals surface area (Å²) in [7, 11) is 0. The molecule has 1 rings (SSSR count). The number of amides is 1.